The number of benzene rings is 3. The van der Waals surface area contributed by atoms with Gasteiger partial charge in [0.15, 0.2) is 81.8 Å². The Morgan fingerprint density at radius 2 is 0.767 bits per heavy atom. The molecule has 10 nitrogen and oxygen atoms in total. The van der Waals surface area contributed by atoms with Crippen LogP contribution in [0.15, 0.2) is 36.4 Å². The average molecular weight is 1040 g/mol. The minimum Gasteiger partial charge on any atom is -0.485 e. The van der Waals surface area contributed by atoms with Gasteiger partial charge in [0.25, 0.3) is 0 Å². The van der Waals surface area contributed by atoms with E-state index in [1.807, 2.05) is 0 Å². The Labute approximate surface area is 399 Å². The highest BCUT2D eigenvalue weighted by Crippen LogP contribution is 2.46. The van der Waals surface area contributed by atoms with Crippen molar-refractivity contribution in [2.45, 2.75) is 70.0 Å². The molecule has 4 aliphatic rings. The van der Waals surface area contributed by atoms with E-state index < -0.39 is 203 Å². The first-order chi connectivity index (χ1) is 34.5. The van der Waals surface area contributed by atoms with E-state index in [9.17, 15) is 17.6 Å². The molecule has 3 N–H and O–H groups in total. The Balaban J connectivity index is 1.15. The highest BCUT2D eigenvalue weighted by atomic mass is 19.2. The molecule has 0 saturated carbocycles. The van der Waals surface area contributed by atoms with Crippen molar-refractivity contribution < 1.29 is 89.9 Å². The molecule has 24 heteroatoms. The third-order valence-electron chi connectivity index (χ3n) is 12.6. The van der Waals surface area contributed by atoms with Crippen LogP contribution < -0.4 is 4.74 Å². The summed E-state index contributed by atoms with van der Waals surface area (Å²) in [4.78, 5) is 12.1. The minimum absolute atomic E-state index is 0.103. The standard InChI is InChI=1S/C49H30F14N4O6/c1-48(2)70-43-22(69-47-46(45(43)71-48)72-49(3,4)73-47)13-68-44-41(62)33(54)28(34(55)42(44)63)24-17-8-6-15(65-17)14-5-7-16(64-14)23(26-29(50)35(56)39(60)36(57)30(26)51)18-9-11-20(66-18)25(21-12-10-19(24)67-21)27-31(52)37(58)40(61)38(59)32(27)53/h5-12,22,43,45-47,65-67H,13H2,1-4H3/t22-,43+,45+,46-,47-/m1/s1. The van der Waals surface area contributed by atoms with Gasteiger partial charge in [0.05, 0.1) is 33.6 Å². The van der Waals surface area contributed by atoms with Crippen molar-refractivity contribution in [3.8, 4) is 39.1 Å². The van der Waals surface area contributed by atoms with Crippen LogP contribution in [0.3, 0.4) is 0 Å². The highest BCUT2D eigenvalue weighted by molar-refractivity contribution is 6.01. The number of aromatic nitrogens is 4. The quantitative estimate of drug-likeness (QED) is 0.0863. The Morgan fingerprint density at radius 3 is 1.26 bits per heavy atom. The first kappa shape index (κ1) is 48.3. The SMILES string of the molecule is CC1(C)O[C@H]2[C@@H](O1)[C@@H](COc1c(F)c(F)c(-c3c4ccc([nH]4)c4nc(c(-c5c(F)c(F)c(F)c(F)c5F)c5ccc([nH]5)c(-c5c(F)c(F)c(F)c(F)c5F)c5ccc3[nH]5)C=C4)c(F)c1F)O[C@@H]1OC(C)(C)O[C@@H]12. The molecule has 3 saturated heterocycles. The number of hydrogen-bond acceptors (Lipinski definition) is 7. The highest BCUT2D eigenvalue weighted by Gasteiger charge is 2.61. The predicted molar refractivity (Wildman–Crippen MR) is 229 cm³/mol. The number of hydrogen-bond donors (Lipinski definition) is 3. The molecule has 7 aromatic rings. The fourth-order valence-electron chi connectivity index (χ4n) is 9.54. The van der Waals surface area contributed by atoms with Crippen molar-refractivity contribution in [1.29, 1.82) is 0 Å². The summed E-state index contributed by atoms with van der Waals surface area (Å²) in [5.74, 6) is -36.7. The van der Waals surface area contributed by atoms with Gasteiger partial charge in [-0.25, -0.2) is 57.7 Å². The number of nitrogens with zero attached hydrogens (tertiary/aromatic N) is 1. The van der Waals surface area contributed by atoms with E-state index in [0.29, 0.717) is 0 Å². The van der Waals surface area contributed by atoms with Gasteiger partial charge in [0.2, 0.25) is 23.3 Å². The number of halogens is 14. The summed E-state index contributed by atoms with van der Waals surface area (Å²) in [6.07, 6.45) is -2.85. The Kier molecular flexibility index (Phi) is 11.1. The van der Waals surface area contributed by atoms with Gasteiger partial charge >= 0.3 is 0 Å². The maximum atomic E-state index is 16.8. The second-order valence-corrected chi connectivity index (χ2v) is 18.1. The third kappa shape index (κ3) is 7.46. The van der Waals surface area contributed by atoms with Crippen LogP contribution in [-0.4, -0.2) is 68.8 Å². The van der Waals surface area contributed by atoms with Gasteiger partial charge in [-0.1, -0.05) is 0 Å². The van der Waals surface area contributed by atoms with Gasteiger partial charge in [0.1, 0.15) is 31.0 Å². The summed E-state index contributed by atoms with van der Waals surface area (Å²) in [5.41, 5.74) is -11.1. The maximum Gasteiger partial charge on any atom is 0.204 e. The molecule has 0 amide bonds. The van der Waals surface area contributed by atoms with E-state index in [-0.39, 0.29) is 11.2 Å². The van der Waals surface area contributed by atoms with E-state index in [1.54, 1.807) is 27.7 Å². The minimum atomic E-state index is -2.59. The number of aromatic amines is 3. The lowest BCUT2D eigenvalue weighted by Gasteiger charge is -2.37. The molecule has 4 aliphatic heterocycles. The van der Waals surface area contributed by atoms with Crippen LogP contribution in [0.25, 0.3) is 78.6 Å². The van der Waals surface area contributed by atoms with Crippen LogP contribution in [0.2, 0.25) is 0 Å². The lowest BCUT2D eigenvalue weighted by Crippen LogP contribution is -2.56. The molecule has 0 spiro atoms. The van der Waals surface area contributed by atoms with Gasteiger partial charge in [-0.2, -0.15) is 8.78 Å². The molecular formula is C49H30F14N4O6. The summed E-state index contributed by atoms with van der Waals surface area (Å²) in [6.45, 7) is 5.55. The van der Waals surface area contributed by atoms with Gasteiger partial charge in [-0.05, 0) is 76.2 Å². The van der Waals surface area contributed by atoms with Crippen LogP contribution in [0.5, 0.6) is 5.75 Å². The molecule has 11 rings (SSSR count). The molecule has 4 aromatic heterocycles. The molecule has 73 heavy (non-hydrogen) atoms. The van der Waals surface area contributed by atoms with E-state index >= 15 is 43.9 Å². The molecular weight excluding hydrogens is 1010 g/mol. The van der Waals surface area contributed by atoms with E-state index in [2.05, 4.69) is 19.9 Å². The van der Waals surface area contributed by atoms with Crippen molar-refractivity contribution in [2.75, 3.05) is 6.61 Å². The van der Waals surface area contributed by atoms with Crippen LogP contribution in [-0.2, 0) is 23.7 Å². The van der Waals surface area contributed by atoms with Crippen LogP contribution in [0.1, 0.15) is 39.1 Å². The largest absolute Gasteiger partial charge is 0.485 e. The molecule has 380 valence electrons. The van der Waals surface area contributed by atoms with Crippen LogP contribution in [0.4, 0.5) is 61.5 Å². The predicted octanol–water partition coefficient (Wildman–Crippen LogP) is 12.4. The van der Waals surface area contributed by atoms with Crippen molar-refractivity contribution >= 4 is 45.3 Å². The van der Waals surface area contributed by atoms with Gasteiger partial charge in [0, 0.05) is 44.3 Å². The van der Waals surface area contributed by atoms with Crippen molar-refractivity contribution in [2.24, 2.45) is 0 Å². The fraction of sp³-hybridized carbons (Fsp3) is 0.245. The molecule has 8 bridgehead atoms. The Bertz CT molecular complexity index is 3620. The van der Waals surface area contributed by atoms with E-state index in [0.717, 1.165) is 42.5 Å². The zero-order valence-corrected chi connectivity index (χ0v) is 37.4. The molecule has 0 radical (unpaired) electrons. The first-order valence-electron chi connectivity index (χ1n) is 21.7. The fourth-order valence-corrected chi connectivity index (χ4v) is 9.54. The molecule has 5 atom stereocenters. The molecule has 0 unspecified atom stereocenters. The van der Waals surface area contributed by atoms with Crippen LogP contribution in [0, 0.1) is 81.4 Å². The number of ether oxygens (including phenoxy) is 6. The van der Waals surface area contributed by atoms with Crippen molar-refractivity contribution in [3.05, 3.63) is 129 Å². The second kappa shape index (κ2) is 16.8. The molecule has 3 fully saturated rings. The Hall–Kier alpha value is -6.99. The first-order valence-corrected chi connectivity index (χ1v) is 21.7. The zero-order valence-electron chi connectivity index (χ0n) is 37.4. The lowest BCUT2D eigenvalue weighted by molar-refractivity contribution is -0.238. The maximum absolute atomic E-state index is 16.8. The summed E-state index contributed by atoms with van der Waals surface area (Å²) < 4.78 is 254. The number of fused-ring (bicyclic) bond motifs is 12. The number of rotatable bonds is 6. The van der Waals surface area contributed by atoms with E-state index in [1.165, 1.54) is 6.07 Å². The molecule has 3 aromatic carbocycles. The molecule has 0 aliphatic carbocycles. The van der Waals surface area contributed by atoms with E-state index in [4.69, 9.17) is 28.4 Å². The number of nitrogens with one attached hydrogen (secondary N) is 3. The lowest BCUT2D eigenvalue weighted by atomic mass is 9.99. The van der Waals surface area contributed by atoms with Crippen LogP contribution >= 0.6 is 0 Å². The summed E-state index contributed by atoms with van der Waals surface area (Å²) in [7, 11) is 0. The van der Waals surface area contributed by atoms with Crippen molar-refractivity contribution in [1.82, 2.24) is 19.9 Å². The Morgan fingerprint density at radius 1 is 0.411 bits per heavy atom. The monoisotopic (exact) mass is 1040 g/mol. The third-order valence-corrected chi connectivity index (χ3v) is 12.6. The van der Waals surface area contributed by atoms with Gasteiger partial charge in [-0.15, -0.1) is 0 Å². The zero-order chi connectivity index (χ0) is 52.1. The van der Waals surface area contributed by atoms with Gasteiger partial charge in [-0.3, -0.25) is 0 Å². The average Bonchev–Trinajstić information content (AvgIpc) is 4.22. The number of H-pyrrole nitrogens is 3. The topological polar surface area (TPSA) is 116 Å². The normalized spacial score (nSPS) is 21.4. The second-order valence-electron chi connectivity index (χ2n) is 18.1. The summed E-state index contributed by atoms with van der Waals surface area (Å²) >= 11 is 0. The summed E-state index contributed by atoms with van der Waals surface area (Å²) in [5, 5.41) is 0. The van der Waals surface area contributed by atoms with Crippen molar-refractivity contribution in [3.63, 3.8) is 0 Å². The molecule has 8 heterocycles. The summed E-state index contributed by atoms with van der Waals surface area (Å²) in [6, 6.07) is 5.92. The smallest absolute Gasteiger partial charge is 0.204 e. The van der Waals surface area contributed by atoms with Gasteiger partial charge < -0.3 is 43.4 Å².